The van der Waals surface area contributed by atoms with E-state index in [0.717, 1.165) is 6.42 Å². The molecule has 24 heavy (non-hydrogen) atoms. The van der Waals surface area contributed by atoms with Crippen LogP contribution < -0.4 is 5.32 Å². The first-order valence-electron chi connectivity index (χ1n) is 8.12. The lowest BCUT2D eigenvalue weighted by Gasteiger charge is -2.04. The Balaban J connectivity index is 1.65. The highest BCUT2D eigenvalue weighted by atomic mass is 16.1. The minimum Gasteiger partial charge on any atom is -0.319 e. The number of nitrogens with one attached hydrogen (secondary N) is 1. The highest BCUT2D eigenvalue weighted by Gasteiger charge is 2.07. The van der Waals surface area contributed by atoms with Crippen molar-refractivity contribution in [3.63, 3.8) is 0 Å². The van der Waals surface area contributed by atoms with E-state index in [2.05, 4.69) is 42.5 Å². The first-order valence-corrected chi connectivity index (χ1v) is 8.12. The molecule has 2 aromatic carbocycles. The second-order valence-electron chi connectivity index (χ2n) is 5.92. The summed E-state index contributed by atoms with van der Waals surface area (Å²) in [5, 5.41) is 7.21. The average Bonchev–Trinajstić information content (AvgIpc) is 3.02. The summed E-state index contributed by atoms with van der Waals surface area (Å²) in [5.41, 5.74) is 4.98. The van der Waals surface area contributed by atoms with Crippen molar-refractivity contribution in [3.05, 3.63) is 83.2 Å². The molecule has 1 N–H and O–H groups in total. The molecule has 1 aromatic heterocycles. The number of benzene rings is 2. The van der Waals surface area contributed by atoms with Gasteiger partial charge in [0.1, 0.15) is 0 Å². The van der Waals surface area contributed by atoms with Crippen LogP contribution in [0.1, 0.15) is 34.0 Å². The van der Waals surface area contributed by atoms with Crippen LogP contribution in [-0.4, -0.2) is 15.7 Å². The average molecular weight is 319 g/mol. The summed E-state index contributed by atoms with van der Waals surface area (Å²) >= 11 is 0. The van der Waals surface area contributed by atoms with Crippen molar-refractivity contribution >= 4 is 11.6 Å². The van der Waals surface area contributed by atoms with E-state index in [-0.39, 0.29) is 5.91 Å². The van der Waals surface area contributed by atoms with Gasteiger partial charge in [0.05, 0.1) is 18.4 Å². The maximum absolute atomic E-state index is 12.3. The van der Waals surface area contributed by atoms with Gasteiger partial charge in [-0.05, 0) is 36.6 Å². The SMILES string of the molecule is CCc1ccc(C(=O)Nc2cnn(Cc3cccc(C)c3)c2)cc1. The van der Waals surface area contributed by atoms with Gasteiger partial charge in [-0.3, -0.25) is 9.48 Å². The van der Waals surface area contributed by atoms with Gasteiger partial charge >= 0.3 is 0 Å². The number of hydrogen-bond acceptors (Lipinski definition) is 2. The summed E-state index contributed by atoms with van der Waals surface area (Å²) in [6.07, 6.45) is 4.49. The first-order chi connectivity index (χ1) is 11.6. The summed E-state index contributed by atoms with van der Waals surface area (Å²) in [7, 11) is 0. The Hall–Kier alpha value is -2.88. The van der Waals surface area contributed by atoms with E-state index < -0.39 is 0 Å². The monoisotopic (exact) mass is 319 g/mol. The molecule has 1 heterocycles. The van der Waals surface area contributed by atoms with E-state index in [1.165, 1.54) is 16.7 Å². The molecule has 3 aromatic rings. The zero-order chi connectivity index (χ0) is 16.9. The molecule has 4 heteroatoms. The molecule has 0 saturated carbocycles. The zero-order valence-corrected chi connectivity index (χ0v) is 14.0. The van der Waals surface area contributed by atoms with Crippen LogP contribution in [0.5, 0.6) is 0 Å². The number of anilines is 1. The van der Waals surface area contributed by atoms with E-state index in [1.54, 1.807) is 6.20 Å². The largest absolute Gasteiger partial charge is 0.319 e. The van der Waals surface area contributed by atoms with Crippen LogP contribution in [0.4, 0.5) is 5.69 Å². The lowest BCUT2D eigenvalue weighted by Crippen LogP contribution is -2.11. The van der Waals surface area contributed by atoms with Gasteiger partial charge in [0.2, 0.25) is 0 Å². The predicted molar refractivity (Wildman–Crippen MR) is 96.3 cm³/mol. The van der Waals surface area contributed by atoms with Gasteiger partial charge in [-0.15, -0.1) is 0 Å². The van der Waals surface area contributed by atoms with Gasteiger partial charge in [0.15, 0.2) is 0 Å². The maximum Gasteiger partial charge on any atom is 0.255 e. The number of nitrogens with zero attached hydrogens (tertiary/aromatic N) is 2. The number of carbonyl (C=O) groups is 1. The van der Waals surface area contributed by atoms with Crippen molar-refractivity contribution in [1.29, 1.82) is 0 Å². The third kappa shape index (κ3) is 3.90. The molecule has 3 rings (SSSR count). The zero-order valence-electron chi connectivity index (χ0n) is 14.0. The van der Waals surface area contributed by atoms with E-state index in [1.807, 2.05) is 41.2 Å². The van der Waals surface area contributed by atoms with Crippen LogP contribution in [0.15, 0.2) is 60.9 Å². The molecule has 0 unspecified atom stereocenters. The molecule has 122 valence electrons. The minimum absolute atomic E-state index is 0.118. The smallest absolute Gasteiger partial charge is 0.255 e. The maximum atomic E-state index is 12.3. The number of rotatable bonds is 5. The van der Waals surface area contributed by atoms with Gasteiger partial charge < -0.3 is 5.32 Å². The third-order valence-corrected chi connectivity index (χ3v) is 3.94. The topological polar surface area (TPSA) is 46.9 Å². The molecule has 4 nitrogen and oxygen atoms in total. The van der Waals surface area contributed by atoms with Crippen molar-refractivity contribution in [1.82, 2.24) is 9.78 Å². The molecule has 1 amide bonds. The molecule has 0 aliphatic rings. The quantitative estimate of drug-likeness (QED) is 0.771. The first kappa shape index (κ1) is 16.0. The van der Waals surface area contributed by atoms with Crippen LogP contribution in [-0.2, 0) is 13.0 Å². The Morgan fingerprint density at radius 3 is 2.62 bits per heavy atom. The molecule has 0 spiro atoms. The van der Waals surface area contributed by atoms with Crippen molar-refractivity contribution in [3.8, 4) is 0 Å². The fourth-order valence-corrected chi connectivity index (χ4v) is 2.61. The van der Waals surface area contributed by atoms with Gasteiger partial charge in [0, 0.05) is 11.8 Å². The third-order valence-electron chi connectivity index (χ3n) is 3.94. The van der Waals surface area contributed by atoms with Crippen molar-refractivity contribution in [2.24, 2.45) is 0 Å². The Morgan fingerprint density at radius 2 is 1.92 bits per heavy atom. The summed E-state index contributed by atoms with van der Waals surface area (Å²) in [6, 6.07) is 16.0. The van der Waals surface area contributed by atoms with E-state index in [0.29, 0.717) is 17.8 Å². The molecular formula is C20H21N3O. The van der Waals surface area contributed by atoms with Crippen LogP contribution in [0.3, 0.4) is 0 Å². The molecule has 0 aliphatic carbocycles. The normalized spacial score (nSPS) is 10.6. The minimum atomic E-state index is -0.118. The van der Waals surface area contributed by atoms with Gasteiger partial charge in [0.25, 0.3) is 5.91 Å². The Labute approximate surface area is 142 Å². The highest BCUT2D eigenvalue weighted by molar-refractivity contribution is 6.04. The second kappa shape index (κ2) is 7.13. The summed E-state index contributed by atoms with van der Waals surface area (Å²) in [5.74, 6) is -0.118. The molecule has 0 saturated heterocycles. The molecule has 0 aliphatic heterocycles. The van der Waals surface area contributed by atoms with E-state index in [9.17, 15) is 4.79 Å². The fourth-order valence-electron chi connectivity index (χ4n) is 2.61. The predicted octanol–water partition coefficient (Wildman–Crippen LogP) is 4.05. The second-order valence-corrected chi connectivity index (χ2v) is 5.92. The highest BCUT2D eigenvalue weighted by Crippen LogP contribution is 2.12. The molecule has 0 bridgehead atoms. The fraction of sp³-hybridized carbons (Fsp3) is 0.200. The number of hydrogen-bond donors (Lipinski definition) is 1. The van der Waals surface area contributed by atoms with Gasteiger partial charge in [-0.25, -0.2) is 0 Å². The van der Waals surface area contributed by atoms with Gasteiger partial charge in [-0.1, -0.05) is 48.9 Å². The van der Waals surface area contributed by atoms with Crippen molar-refractivity contribution in [2.45, 2.75) is 26.8 Å². The Morgan fingerprint density at radius 1 is 1.12 bits per heavy atom. The van der Waals surface area contributed by atoms with Crippen molar-refractivity contribution < 1.29 is 4.79 Å². The lowest BCUT2D eigenvalue weighted by molar-refractivity contribution is 0.102. The van der Waals surface area contributed by atoms with Crippen LogP contribution in [0, 0.1) is 6.92 Å². The summed E-state index contributed by atoms with van der Waals surface area (Å²) < 4.78 is 1.82. The van der Waals surface area contributed by atoms with Crippen LogP contribution in [0.25, 0.3) is 0 Å². The van der Waals surface area contributed by atoms with Crippen LogP contribution >= 0.6 is 0 Å². The van der Waals surface area contributed by atoms with Gasteiger partial charge in [-0.2, -0.15) is 5.10 Å². The molecule has 0 radical (unpaired) electrons. The Kier molecular flexibility index (Phi) is 4.75. The molecular weight excluding hydrogens is 298 g/mol. The molecule has 0 atom stereocenters. The number of carbonyl (C=O) groups excluding carboxylic acids is 1. The Bertz CT molecular complexity index is 834. The molecule has 0 fully saturated rings. The standard InChI is InChI=1S/C20H21N3O/c1-3-16-7-9-18(10-8-16)20(24)22-19-12-21-23(14-19)13-17-6-4-5-15(2)11-17/h4-12,14H,3,13H2,1-2H3,(H,22,24). The summed E-state index contributed by atoms with van der Waals surface area (Å²) in [4.78, 5) is 12.3. The van der Waals surface area contributed by atoms with Crippen molar-refractivity contribution in [2.75, 3.05) is 5.32 Å². The van der Waals surface area contributed by atoms with E-state index >= 15 is 0 Å². The lowest BCUT2D eigenvalue weighted by atomic mass is 10.1. The summed E-state index contributed by atoms with van der Waals surface area (Å²) in [6.45, 7) is 4.85. The number of amides is 1. The number of aromatic nitrogens is 2. The van der Waals surface area contributed by atoms with E-state index in [4.69, 9.17) is 0 Å². The number of aryl methyl sites for hydroxylation is 2. The van der Waals surface area contributed by atoms with Crippen LogP contribution in [0.2, 0.25) is 0 Å².